The highest BCUT2D eigenvalue weighted by atomic mass is 35.5. The lowest BCUT2D eigenvalue weighted by molar-refractivity contribution is 0.506. The van der Waals surface area contributed by atoms with Crippen LogP contribution in [0.2, 0.25) is 0 Å². The van der Waals surface area contributed by atoms with E-state index in [-0.39, 0.29) is 0 Å². The summed E-state index contributed by atoms with van der Waals surface area (Å²) in [7, 11) is 0. The third-order valence-corrected chi connectivity index (χ3v) is 2.19. The van der Waals surface area contributed by atoms with Gasteiger partial charge in [0.1, 0.15) is 11.5 Å². The molecule has 0 saturated heterocycles. The third kappa shape index (κ3) is 2.13. The van der Waals surface area contributed by atoms with Gasteiger partial charge in [0, 0.05) is 12.0 Å². The number of nitriles is 1. The summed E-state index contributed by atoms with van der Waals surface area (Å²) in [6.07, 6.45) is 0.829. The van der Waals surface area contributed by atoms with Crippen LogP contribution in [-0.2, 0) is 6.42 Å². The maximum absolute atomic E-state index is 8.60. The van der Waals surface area contributed by atoms with Crippen LogP contribution >= 0.6 is 11.6 Å². The Labute approximate surface area is 82.4 Å². The van der Waals surface area contributed by atoms with Gasteiger partial charge in [-0.1, -0.05) is 18.5 Å². The zero-order chi connectivity index (χ0) is 9.84. The summed E-state index contributed by atoms with van der Waals surface area (Å²) in [6, 6.07) is 5.62. The van der Waals surface area contributed by atoms with E-state index in [0.29, 0.717) is 16.4 Å². The number of hydrogen-bond acceptors (Lipinski definition) is 2. The molecule has 2 nitrogen and oxygen atoms in total. The molecular weight excluding hydrogens is 186 g/mol. The van der Waals surface area contributed by atoms with Crippen LogP contribution in [0.3, 0.4) is 0 Å². The van der Waals surface area contributed by atoms with Crippen LogP contribution in [0, 0.1) is 11.3 Å². The Balaban J connectivity index is 3.04. The van der Waals surface area contributed by atoms with Crippen LogP contribution in [0.25, 0.3) is 5.03 Å². The molecule has 1 rings (SSSR count). The topological polar surface area (TPSA) is 36.9 Å². The lowest BCUT2D eigenvalue weighted by atomic mass is 10.2. The van der Waals surface area contributed by atoms with Crippen LogP contribution in [-0.4, -0.2) is 0 Å². The molecule has 0 aliphatic rings. The summed E-state index contributed by atoms with van der Waals surface area (Å²) in [5.74, 6) is 1.44. The molecule has 0 amide bonds. The van der Waals surface area contributed by atoms with E-state index in [2.05, 4.69) is 0 Å². The molecule has 0 radical (unpaired) electrons. The molecule has 0 N–H and O–H groups in total. The average Bonchev–Trinajstić information content (AvgIpc) is 2.63. The zero-order valence-corrected chi connectivity index (χ0v) is 8.35. The number of nitrogens with zero attached hydrogens (tertiary/aromatic N) is 1. The van der Waals surface area contributed by atoms with Gasteiger partial charge in [0.25, 0.3) is 0 Å². The van der Waals surface area contributed by atoms with Crippen LogP contribution in [0.5, 0.6) is 0 Å². The van der Waals surface area contributed by atoms with Gasteiger partial charge in [-0.3, -0.25) is 0 Å². The van der Waals surface area contributed by atoms with Gasteiger partial charge in [-0.2, -0.15) is 5.26 Å². The van der Waals surface area contributed by atoms with Crippen LogP contribution in [0.15, 0.2) is 22.1 Å². The number of hydrogen-bond donors (Lipinski definition) is 0. The monoisotopic (exact) mass is 195 g/mol. The summed E-state index contributed by atoms with van der Waals surface area (Å²) in [5.41, 5.74) is 0.471. The maximum Gasteiger partial charge on any atom is 0.146 e. The van der Waals surface area contributed by atoms with Crippen LogP contribution in [0.4, 0.5) is 0 Å². The van der Waals surface area contributed by atoms with Crippen molar-refractivity contribution in [2.45, 2.75) is 20.3 Å². The molecule has 0 spiro atoms. The van der Waals surface area contributed by atoms with Crippen molar-refractivity contribution < 1.29 is 4.42 Å². The van der Waals surface area contributed by atoms with Gasteiger partial charge in [-0.05, 0) is 19.1 Å². The highest BCUT2D eigenvalue weighted by Crippen LogP contribution is 2.24. The molecule has 0 aromatic carbocycles. The van der Waals surface area contributed by atoms with E-state index in [1.165, 1.54) is 0 Å². The van der Waals surface area contributed by atoms with Gasteiger partial charge in [-0.25, -0.2) is 0 Å². The second kappa shape index (κ2) is 4.15. The van der Waals surface area contributed by atoms with Gasteiger partial charge in [-0.15, -0.1) is 0 Å². The molecule has 1 aromatic rings. The molecule has 1 heterocycles. The van der Waals surface area contributed by atoms with E-state index in [0.717, 1.165) is 12.2 Å². The molecule has 0 unspecified atom stereocenters. The second-order valence-corrected chi connectivity index (χ2v) is 3.05. The maximum atomic E-state index is 8.60. The predicted molar refractivity (Wildman–Crippen MR) is 52.1 cm³/mol. The van der Waals surface area contributed by atoms with Crippen molar-refractivity contribution in [2.24, 2.45) is 0 Å². The van der Waals surface area contributed by atoms with E-state index in [4.69, 9.17) is 21.3 Å². The van der Waals surface area contributed by atoms with Crippen molar-refractivity contribution in [3.8, 4) is 6.07 Å². The lowest BCUT2D eigenvalue weighted by Gasteiger charge is -1.94. The van der Waals surface area contributed by atoms with Crippen LogP contribution < -0.4 is 0 Å². The van der Waals surface area contributed by atoms with E-state index in [9.17, 15) is 0 Å². The van der Waals surface area contributed by atoms with Crippen molar-refractivity contribution in [1.82, 2.24) is 0 Å². The Hall–Kier alpha value is -1.20. The van der Waals surface area contributed by atoms with Gasteiger partial charge in [0.05, 0.1) is 11.1 Å². The smallest absolute Gasteiger partial charge is 0.146 e. The minimum Gasteiger partial charge on any atom is -0.460 e. The van der Waals surface area contributed by atoms with E-state index in [1.807, 2.05) is 19.1 Å². The molecule has 68 valence electrons. The first kappa shape index (κ1) is 9.88. The van der Waals surface area contributed by atoms with Crippen molar-refractivity contribution in [1.29, 1.82) is 5.26 Å². The number of aryl methyl sites for hydroxylation is 1. The Kier molecular flexibility index (Phi) is 3.16. The highest BCUT2D eigenvalue weighted by molar-refractivity contribution is 6.49. The first-order valence-corrected chi connectivity index (χ1v) is 4.42. The van der Waals surface area contributed by atoms with Crippen molar-refractivity contribution >= 4 is 16.6 Å². The van der Waals surface area contributed by atoms with E-state index < -0.39 is 0 Å². The van der Waals surface area contributed by atoms with Gasteiger partial charge < -0.3 is 4.42 Å². The lowest BCUT2D eigenvalue weighted by Crippen LogP contribution is -1.76. The fourth-order valence-corrected chi connectivity index (χ4v) is 1.06. The molecule has 0 aliphatic heterocycles. The number of allylic oxidation sites excluding steroid dienone is 1. The standard InChI is InChI=1S/C10H10ClNO/c1-3-8-4-5-9(13-8)10(11)7(2)6-12/h4-5H,3H2,1-2H3/b10-7+. The highest BCUT2D eigenvalue weighted by Gasteiger charge is 2.07. The summed E-state index contributed by atoms with van der Waals surface area (Å²) in [6.45, 7) is 3.66. The predicted octanol–water partition coefficient (Wildman–Crippen LogP) is 3.34. The Morgan fingerprint density at radius 3 is 2.77 bits per heavy atom. The minimum atomic E-state index is 0.391. The van der Waals surface area contributed by atoms with Crippen LogP contribution in [0.1, 0.15) is 25.4 Å². The summed E-state index contributed by atoms with van der Waals surface area (Å²) in [4.78, 5) is 0. The number of furan rings is 1. The first-order valence-electron chi connectivity index (χ1n) is 4.04. The Morgan fingerprint density at radius 1 is 1.62 bits per heavy atom. The largest absolute Gasteiger partial charge is 0.460 e. The van der Waals surface area contributed by atoms with Gasteiger partial charge >= 0.3 is 0 Å². The quantitative estimate of drug-likeness (QED) is 0.679. The molecule has 0 bridgehead atoms. The molecule has 13 heavy (non-hydrogen) atoms. The zero-order valence-electron chi connectivity index (χ0n) is 7.60. The number of halogens is 1. The third-order valence-electron chi connectivity index (χ3n) is 1.72. The molecule has 1 aromatic heterocycles. The molecule has 0 fully saturated rings. The molecule has 0 saturated carbocycles. The van der Waals surface area contributed by atoms with Crippen molar-refractivity contribution in [3.05, 3.63) is 29.2 Å². The minimum absolute atomic E-state index is 0.391. The van der Waals surface area contributed by atoms with Crippen molar-refractivity contribution in [3.63, 3.8) is 0 Å². The fraction of sp³-hybridized carbons (Fsp3) is 0.300. The van der Waals surface area contributed by atoms with Crippen molar-refractivity contribution in [2.75, 3.05) is 0 Å². The van der Waals surface area contributed by atoms with E-state index in [1.54, 1.807) is 13.0 Å². The number of rotatable bonds is 2. The summed E-state index contributed by atoms with van der Waals surface area (Å²) >= 11 is 5.89. The first-order chi connectivity index (χ1) is 6.19. The van der Waals surface area contributed by atoms with E-state index >= 15 is 0 Å². The molecule has 0 aliphatic carbocycles. The molecule has 0 atom stereocenters. The summed E-state index contributed by atoms with van der Waals surface area (Å²) in [5, 5.41) is 8.99. The molecular formula is C10H10ClNO. The Morgan fingerprint density at radius 2 is 2.31 bits per heavy atom. The SMILES string of the molecule is CCc1ccc(/C(Cl)=C(/C)C#N)o1. The molecule has 3 heteroatoms. The summed E-state index contributed by atoms with van der Waals surface area (Å²) < 4.78 is 5.38. The fourth-order valence-electron chi connectivity index (χ4n) is 0.920. The average molecular weight is 196 g/mol. The Bertz CT molecular complexity index is 371. The van der Waals surface area contributed by atoms with Gasteiger partial charge in [0.2, 0.25) is 0 Å². The second-order valence-electron chi connectivity index (χ2n) is 2.67. The normalized spacial score (nSPS) is 12.2. The van der Waals surface area contributed by atoms with Gasteiger partial charge in [0.15, 0.2) is 0 Å².